The summed E-state index contributed by atoms with van der Waals surface area (Å²) in [6.07, 6.45) is 4.96. The SMILES string of the molecule is COc1ccc2c(OCC[C@@H]3NC(=O)N(C)CCCC/C=C\[C@@H]4C[C@@]4(C(=O)NS(=O)(=O)N4CCC(F)(F)C4)NC3=O)cc(-c3nc(C(C)C)cs3)nc2c1Cl. The van der Waals surface area contributed by atoms with Crippen molar-refractivity contribution < 1.29 is 41.1 Å². The Morgan fingerprint density at radius 1 is 1.18 bits per heavy atom. The van der Waals surface area contributed by atoms with Gasteiger partial charge < -0.3 is 25.0 Å². The van der Waals surface area contributed by atoms with Crippen LogP contribution in [0.5, 0.6) is 11.5 Å². The van der Waals surface area contributed by atoms with Crippen LogP contribution in [-0.4, -0.2) is 103 Å². The van der Waals surface area contributed by atoms with Gasteiger partial charge in [0.2, 0.25) is 5.91 Å². The van der Waals surface area contributed by atoms with Gasteiger partial charge in [-0.2, -0.15) is 12.7 Å². The largest absolute Gasteiger partial charge is 0.495 e. The van der Waals surface area contributed by atoms with E-state index in [1.165, 1.54) is 23.3 Å². The van der Waals surface area contributed by atoms with Crippen molar-refractivity contribution in [1.29, 1.82) is 0 Å². The van der Waals surface area contributed by atoms with Crippen molar-refractivity contribution in [3.05, 3.63) is 46.4 Å². The van der Waals surface area contributed by atoms with Gasteiger partial charge in [0.25, 0.3) is 11.8 Å². The number of halogens is 3. The molecule has 3 atom stereocenters. The van der Waals surface area contributed by atoms with Crippen molar-refractivity contribution in [2.24, 2.45) is 5.92 Å². The summed E-state index contributed by atoms with van der Waals surface area (Å²) in [5, 5.41) is 8.88. The van der Waals surface area contributed by atoms with E-state index in [1.807, 2.05) is 30.0 Å². The van der Waals surface area contributed by atoms with Crippen LogP contribution in [0.3, 0.4) is 0 Å². The van der Waals surface area contributed by atoms with Gasteiger partial charge in [0.15, 0.2) is 0 Å². The number of urea groups is 1. The van der Waals surface area contributed by atoms with Gasteiger partial charge >= 0.3 is 16.2 Å². The summed E-state index contributed by atoms with van der Waals surface area (Å²) in [5.74, 6) is -4.61. The maximum Gasteiger partial charge on any atom is 0.317 e. The summed E-state index contributed by atoms with van der Waals surface area (Å²) in [6.45, 7) is 2.89. The highest BCUT2D eigenvalue weighted by molar-refractivity contribution is 7.87. The molecule has 0 bridgehead atoms. The number of nitrogens with one attached hydrogen (secondary N) is 3. The van der Waals surface area contributed by atoms with Crippen molar-refractivity contribution in [2.45, 2.75) is 75.8 Å². The number of aromatic nitrogens is 2. The summed E-state index contributed by atoms with van der Waals surface area (Å²) in [7, 11) is -1.54. The van der Waals surface area contributed by atoms with E-state index in [0.29, 0.717) is 56.8 Å². The second-order valence-electron chi connectivity index (χ2n) is 14.3. The van der Waals surface area contributed by atoms with E-state index in [-0.39, 0.29) is 30.4 Å². The van der Waals surface area contributed by atoms with Crippen LogP contribution in [-0.2, 0) is 19.8 Å². The number of methoxy groups -OCH3 is 1. The Bertz CT molecular complexity index is 2100. The first-order valence-corrected chi connectivity index (χ1v) is 20.7. The molecular formula is C36H44ClF2N7O7S2. The number of nitrogens with zero attached hydrogens (tertiary/aromatic N) is 4. The fraction of sp³-hybridized carbons (Fsp3) is 0.528. The summed E-state index contributed by atoms with van der Waals surface area (Å²) in [5.41, 5.74) is 0.122. The zero-order chi connectivity index (χ0) is 39.7. The van der Waals surface area contributed by atoms with Gasteiger partial charge in [-0.3, -0.25) is 9.59 Å². The molecule has 2 aromatic heterocycles. The lowest BCUT2D eigenvalue weighted by Crippen LogP contribution is -2.59. The van der Waals surface area contributed by atoms with E-state index in [4.69, 9.17) is 31.0 Å². The first kappa shape index (κ1) is 40.5. The Morgan fingerprint density at radius 2 is 1.96 bits per heavy atom. The third kappa shape index (κ3) is 8.97. The fourth-order valence-electron chi connectivity index (χ4n) is 6.52. The number of hydrogen-bond donors (Lipinski definition) is 3. The molecule has 1 aromatic carbocycles. The average molecular weight is 824 g/mol. The van der Waals surface area contributed by atoms with Gasteiger partial charge in [0.05, 0.1) is 31.5 Å². The quantitative estimate of drug-likeness (QED) is 0.231. The van der Waals surface area contributed by atoms with Crippen molar-refractivity contribution in [1.82, 2.24) is 34.5 Å². The lowest BCUT2D eigenvalue weighted by atomic mass is 10.1. The van der Waals surface area contributed by atoms with Gasteiger partial charge in [-0.1, -0.05) is 37.6 Å². The Balaban J connectivity index is 1.26. The maximum absolute atomic E-state index is 14.0. The molecular weight excluding hydrogens is 780 g/mol. The molecule has 3 N–H and O–H groups in total. The smallest absolute Gasteiger partial charge is 0.317 e. The van der Waals surface area contributed by atoms with E-state index in [9.17, 15) is 31.6 Å². The van der Waals surface area contributed by atoms with Crippen molar-refractivity contribution in [2.75, 3.05) is 40.4 Å². The highest BCUT2D eigenvalue weighted by Crippen LogP contribution is 2.46. The minimum Gasteiger partial charge on any atom is -0.495 e. The molecule has 0 unspecified atom stereocenters. The van der Waals surface area contributed by atoms with Crippen molar-refractivity contribution in [3.8, 4) is 22.2 Å². The first-order chi connectivity index (χ1) is 26.0. The number of hydrogen-bond acceptors (Lipinski definition) is 10. The van der Waals surface area contributed by atoms with Gasteiger partial charge in [0.1, 0.15) is 38.8 Å². The molecule has 0 radical (unpaired) electrons. The molecule has 0 spiro atoms. The topological polar surface area (TPSA) is 172 Å². The molecule has 55 heavy (non-hydrogen) atoms. The molecule has 298 valence electrons. The van der Waals surface area contributed by atoms with Crippen molar-refractivity contribution >= 4 is 61.9 Å². The number of carbonyl (C=O) groups is 3. The zero-order valence-corrected chi connectivity index (χ0v) is 33.3. The molecule has 6 rings (SSSR count). The molecule has 3 aliphatic rings. The third-order valence-electron chi connectivity index (χ3n) is 9.97. The fourth-order valence-corrected chi connectivity index (χ4v) is 8.98. The summed E-state index contributed by atoms with van der Waals surface area (Å²) >= 11 is 8.13. The Hall–Kier alpha value is -4.13. The van der Waals surface area contributed by atoms with Gasteiger partial charge in [-0.15, -0.1) is 11.3 Å². The zero-order valence-electron chi connectivity index (χ0n) is 30.9. The number of carbonyl (C=O) groups excluding carboxylic acids is 3. The van der Waals surface area contributed by atoms with Gasteiger partial charge in [-0.05, 0) is 43.7 Å². The van der Waals surface area contributed by atoms with E-state index in [2.05, 4.69) is 10.6 Å². The standard InChI is InChI=1S/C36H44ClF2N7O7S2/c1-21(2)26-19-54-32(41-26)25-17-28(23-10-11-27(52-4)29(37)30(23)40-25)53-16-12-24-31(47)43-36(33(48)44-55(50,51)46-15-13-35(38,39)20-46)18-22(36)9-7-5-6-8-14-45(3)34(49)42-24/h7,9-11,17,19,21-22,24H,5-6,8,12-16,18,20H2,1-4H3,(H,42,49)(H,43,47)(H,44,48)/b9-7-/t22-,24+,36-/m1/s1. The van der Waals surface area contributed by atoms with E-state index < -0.39 is 71.0 Å². The van der Waals surface area contributed by atoms with Crippen LogP contribution in [0.2, 0.25) is 5.02 Å². The van der Waals surface area contributed by atoms with Crippen LogP contribution in [0.25, 0.3) is 21.6 Å². The molecule has 1 saturated carbocycles. The highest BCUT2D eigenvalue weighted by Gasteiger charge is 2.61. The first-order valence-electron chi connectivity index (χ1n) is 18.0. The number of pyridine rings is 1. The van der Waals surface area contributed by atoms with E-state index >= 15 is 0 Å². The normalized spacial score (nSPS) is 24.1. The Kier molecular flexibility index (Phi) is 11.9. The molecule has 1 saturated heterocycles. The predicted octanol–water partition coefficient (Wildman–Crippen LogP) is 5.24. The molecule has 4 heterocycles. The maximum atomic E-state index is 14.0. The van der Waals surface area contributed by atoms with Gasteiger partial charge in [0, 0.05) is 55.7 Å². The second-order valence-corrected chi connectivity index (χ2v) is 17.3. The van der Waals surface area contributed by atoms with E-state index in [0.717, 1.165) is 12.1 Å². The van der Waals surface area contributed by atoms with Crippen LogP contribution in [0.4, 0.5) is 13.6 Å². The average Bonchev–Trinajstić information content (AvgIpc) is 3.41. The number of fused-ring (bicyclic) bond motifs is 2. The summed E-state index contributed by atoms with van der Waals surface area (Å²) in [6, 6.07) is 3.40. The van der Waals surface area contributed by atoms with Crippen LogP contribution in [0, 0.1) is 5.92 Å². The second kappa shape index (κ2) is 16.2. The predicted molar refractivity (Wildman–Crippen MR) is 204 cm³/mol. The Labute approximate surface area is 327 Å². The monoisotopic (exact) mass is 823 g/mol. The molecule has 14 nitrogen and oxygen atoms in total. The number of thiazole rings is 1. The molecule has 19 heteroatoms. The molecule has 3 aromatic rings. The number of rotatable bonds is 10. The summed E-state index contributed by atoms with van der Waals surface area (Å²) in [4.78, 5) is 52.0. The third-order valence-corrected chi connectivity index (χ3v) is 12.7. The summed E-state index contributed by atoms with van der Waals surface area (Å²) < 4.78 is 68.0. The van der Waals surface area contributed by atoms with Gasteiger partial charge in [-0.25, -0.2) is 28.3 Å². The molecule has 2 aliphatic heterocycles. The minimum absolute atomic E-state index is 0.0646. The van der Waals surface area contributed by atoms with Crippen molar-refractivity contribution in [3.63, 3.8) is 0 Å². The van der Waals surface area contributed by atoms with Crippen LogP contribution in [0.1, 0.15) is 64.0 Å². The van der Waals surface area contributed by atoms with E-state index in [1.54, 1.807) is 31.3 Å². The highest BCUT2D eigenvalue weighted by atomic mass is 35.5. The number of amides is 4. The molecule has 1 aliphatic carbocycles. The molecule has 2 fully saturated rings. The van der Waals surface area contributed by atoms with Crippen LogP contribution >= 0.6 is 22.9 Å². The minimum atomic E-state index is -4.64. The number of allylic oxidation sites excluding steroid dienone is 1. The number of alkyl halides is 2. The number of benzene rings is 1. The molecule has 4 amide bonds. The van der Waals surface area contributed by atoms with Crippen LogP contribution < -0.4 is 24.8 Å². The lowest BCUT2D eigenvalue weighted by molar-refractivity contribution is -0.130. The lowest BCUT2D eigenvalue weighted by Gasteiger charge is -2.26. The number of ether oxygens (including phenoxy) is 2. The Morgan fingerprint density at radius 3 is 2.65 bits per heavy atom. The van der Waals surface area contributed by atoms with Crippen LogP contribution in [0.15, 0.2) is 35.7 Å².